The Hall–Kier alpha value is -2.28. The Morgan fingerprint density at radius 3 is 2.39 bits per heavy atom. The van der Waals surface area contributed by atoms with Gasteiger partial charge in [0.15, 0.2) is 0 Å². The van der Waals surface area contributed by atoms with Gasteiger partial charge >= 0.3 is 0 Å². The lowest BCUT2D eigenvalue weighted by Crippen LogP contribution is -2.52. The third-order valence-corrected chi connectivity index (χ3v) is 7.00. The third-order valence-electron chi connectivity index (χ3n) is 7.00. The van der Waals surface area contributed by atoms with E-state index in [1.165, 1.54) is 5.56 Å². The Labute approximate surface area is 200 Å². The van der Waals surface area contributed by atoms with Crippen molar-refractivity contribution in [2.45, 2.75) is 58.7 Å². The van der Waals surface area contributed by atoms with Crippen molar-refractivity contribution in [1.29, 1.82) is 0 Å². The molecule has 0 aliphatic carbocycles. The van der Waals surface area contributed by atoms with Gasteiger partial charge in [0.2, 0.25) is 0 Å². The minimum Gasteiger partial charge on any atom is -0.343 e. The molecular formula is C27H42N5O+. The molecule has 2 heterocycles. The van der Waals surface area contributed by atoms with Gasteiger partial charge in [-0.2, -0.15) is 4.59 Å². The fourth-order valence-corrected chi connectivity index (χ4v) is 4.83. The summed E-state index contributed by atoms with van der Waals surface area (Å²) in [5.74, 6) is 0.0274. The highest BCUT2D eigenvalue weighted by atomic mass is 16.2. The average Bonchev–Trinajstić information content (AvgIpc) is 3.21. The number of allylic oxidation sites excluding steroid dienone is 1. The highest BCUT2D eigenvalue weighted by molar-refractivity contribution is 5.96. The molecule has 180 valence electrons. The van der Waals surface area contributed by atoms with Crippen LogP contribution < -0.4 is 5.32 Å². The molecule has 0 spiro atoms. The summed E-state index contributed by atoms with van der Waals surface area (Å²) >= 11 is 0. The van der Waals surface area contributed by atoms with Gasteiger partial charge < -0.3 is 15.1 Å². The summed E-state index contributed by atoms with van der Waals surface area (Å²) in [7, 11) is 6.41. The van der Waals surface area contributed by atoms with E-state index in [9.17, 15) is 4.79 Å². The SMILES string of the molecule is CC1=C(C[N+]2(C(C)C)C=CC=N2)C(=O)NC(C)(c2ccc(CN(C)CCCN(C)C)cc2)C1. The maximum atomic E-state index is 13.2. The molecule has 1 N–H and O–H groups in total. The number of amides is 1. The first-order valence-corrected chi connectivity index (χ1v) is 12.1. The van der Waals surface area contributed by atoms with Crippen molar-refractivity contribution in [3.8, 4) is 0 Å². The summed E-state index contributed by atoms with van der Waals surface area (Å²) < 4.78 is 0.452. The van der Waals surface area contributed by atoms with Crippen LogP contribution in [0.2, 0.25) is 0 Å². The number of carbonyl (C=O) groups excluding carboxylic acids is 1. The van der Waals surface area contributed by atoms with E-state index in [1.54, 1.807) is 0 Å². The highest BCUT2D eigenvalue weighted by Crippen LogP contribution is 2.35. The molecule has 0 aromatic heterocycles. The molecule has 2 aliphatic rings. The zero-order valence-electron chi connectivity index (χ0n) is 21.6. The van der Waals surface area contributed by atoms with Gasteiger partial charge in [0.05, 0.1) is 17.3 Å². The standard InChI is InChI=1S/C27H41N5O/c1-21(2)32(17-8-14-28-32)20-25-22(3)18-27(4,29-26(25)33)24-12-10-23(11-13-24)19-31(7)16-9-15-30(5)6/h8,10-14,17,21H,9,15-16,18-20H2,1-7H3/p+1. The minimum atomic E-state index is -0.395. The van der Waals surface area contributed by atoms with E-state index in [1.807, 2.05) is 12.3 Å². The number of nitrogens with one attached hydrogen (secondary N) is 1. The van der Waals surface area contributed by atoms with Crippen LogP contribution in [0.5, 0.6) is 0 Å². The first kappa shape index (κ1) is 25.3. The first-order valence-electron chi connectivity index (χ1n) is 12.1. The molecule has 1 amide bonds. The van der Waals surface area contributed by atoms with E-state index < -0.39 is 5.54 Å². The zero-order chi connectivity index (χ0) is 24.2. The second-order valence-electron chi connectivity index (χ2n) is 10.6. The van der Waals surface area contributed by atoms with Crippen LogP contribution in [0.15, 0.2) is 52.8 Å². The minimum absolute atomic E-state index is 0.0274. The number of quaternary nitrogens is 1. The predicted molar refractivity (Wildman–Crippen MR) is 137 cm³/mol. The van der Waals surface area contributed by atoms with Crippen LogP contribution in [-0.2, 0) is 16.9 Å². The lowest BCUT2D eigenvalue weighted by Gasteiger charge is -2.39. The van der Waals surface area contributed by atoms with Crippen molar-refractivity contribution in [1.82, 2.24) is 15.1 Å². The Bertz CT molecular complexity index is 916. The van der Waals surface area contributed by atoms with Crippen LogP contribution >= 0.6 is 0 Å². The van der Waals surface area contributed by atoms with Gasteiger partial charge in [-0.3, -0.25) is 4.79 Å². The number of rotatable bonds is 10. The van der Waals surface area contributed by atoms with Crippen LogP contribution in [0, 0.1) is 0 Å². The van der Waals surface area contributed by atoms with Gasteiger partial charge in [-0.05, 0) is 85.9 Å². The summed E-state index contributed by atoms with van der Waals surface area (Å²) in [5.41, 5.74) is 4.07. The molecular weight excluding hydrogens is 410 g/mol. The van der Waals surface area contributed by atoms with Crippen molar-refractivity contribution in [3.05, 3.63) is 58.8 Å². The molecule has 6 nitrogen and oxygen atoms in total. The molecule has 0 saturated carbocycles. The van der Waals surface area contributed by atoms with Gasteiger partial charge in [0.1, 0.15) is 18.8 Å². The molecule has 2 aliphatic heterocycles. The molecule has 0 fully saturated rings. The number of benzene rings is 1. The van der Waals surface area contributed by atoms with E-state index >= 15 is 0 Å². The molecule has 0 bridgehead atoms. The van der Waals surface area contributed by atoms with Crippen LogP contribution in [0.4, 0.5) is 0 Å². The average molecular weight is 453 g/mol. The Kier molecular flexibility index (Phi) is 7.93. The third kappa shape index (κ3) is 5.99. The molecule has 2 atom stereocenters. The van der Waals surface area contributed by atoms with Gasteiger partial charge in [0.25, 0.3) is 5.91 Å². The molecule has 1 aromatic rings. The monoisotopic (exact) mass is 452 g/mol. The summed E-state index contributed by atoms with van der Waals surface area (Å²) in [6.45, 7) is 12.2. The lowest BCUT2D eigenvalue weighted by molar-refractivity contribution is -0.899. The van der Waals surface area contributed by atoms with E-state index in [-0.39, 0.29) is 11.9 Å². The summed E-state index contributed by atoms with van der Waals surface area (Å²) in [6, 6.07) is 9.03. The topological polar surface area (TPSA) is 47.9 Å². The molecule has 2 unspecified atom stereocenters. The van der Waals surface area contributed by atoms with E-state index in [0.29, 0.717) is 11.1 Å². The van der Waals surface area contributed by atoms with Gasteiger partial charge in [-0.15, -0.1) is 0 Å². The zero-order valence-corrected chi connectivity index (χ0v) is 21.6. The number of hydrogen-bond donors (Lipinski definition) is 1. The van der Waals surface area contributed by atoms with Crippen LogP contribution in [0.1, 0.15) is 51.7 Å². The Balaban J connectivity index is 1.69. The smallest absolute Gasteiger partial charge is 0.253 e. The van der Waals surface area contributed by atoms with Gasteiger partial charge in [-0.25, -0.2) is 0 Å². The second kappa shape index (κ2) is 10.3. The second-order valence-corrected chi connectivity index (χ2v) is 10.6. The predicted octanol–water partition coefficient (Wildman–Crippen LogP) is 3.86. The van der Waals surface area contributed by atoms with Gasteiger partial charge in [0, 0.05) is 12.6 Å². The van der Waals surface area contributed by atoms with E-state index in [4.69, 9.17) is 0 Å². The lowest BCUT2D eigenvalue weighted by atomic mass is 9.80. The molecule has 1 aromatic carbocycles. The largest absolute Gasteiger partial charge is 0.343 e. The van der Waals surface area contributed by atoms with Crippen LogP contribution in [0.3, 0.4) is 0 Å². The fraction of sp³-hybridized carbons (Fsp3) is 0.556. The normalized spacial score (nSPS) is 25.1. The maximum Gasteiger partial charge on any atom is 0.253 e. The highest BCUT2D eigenvalue weighted by Gasteiger charge is 2.41. The fourth-order valence-electron chi connectivity index (χ4n) is 4.83. The molecule has 0 radical (unpaired) electrons. The van der Waals surface area contributed by atoms with Gasteiger partial charge in [-0.1, -0.05) is 34.9 Å². The number of nitrogens with zero attached hydrogens (tertiary/aromatic N) is 4. The number of carbonyl (C=O) groups is 1. The van der Waals surface area contributed by atoms with Crippen molar-refractivity contribution >= 4 is 12.1 Å². The molecule has 6 heteroatoms. The Morgan fingerprint density at radius 2 is 1.85 bits per heavy atom. The first-order chi connectivity index (χ1) is 15.5. The maximum absolute atomic E-state index is 13.2. The number of hydrogen-bond acceptors (Lipinski definition) is 4. The summed E-state index contributed by atoms with van der Waals surface area (Å²) in [6.07, 6.45) is 7.87. The van der Waals surface area contributed by atoms with E-state index in [2.05, 4.69) is 99.5 Å². The summed E-state index contributed by atoms with van der Waals surface area (Å²) in [5, 5.41) is 7.99. The quantitative estimate of drug-likeness (QED) is 0.549. The Morgan fingerprint density at radius 1 is 1.15 bits per heavy atom. The van der Waals surface area contributed by atoms with E-state index in [0.717, 1.165) is 49.2 Å². The van der Waals surface area contributed by atoms with Crippen molar-refractivity contribution in [2.75, 3.05) is 40.8 Å². The van der Waals surface area contributed by atoms with Crippen LogP contribution in [0.25, 0.3) is 0 Å². The van der Waals surface area contributed by atoms with Crippen molar-refractivity contribution in [3.63, 3.8) is 0 Å². The van der Waals surface area contributed by atoms with Crippen molar-refractivity contribution < 1.29 is 9.39 Å². The molecule has 3 rings (SSSR count). The molecule has 0 saturated heterocycles. The summed E-state index contributed by atoms with van der Waals surface area (Å²) in [4.78, 5) is 17.8. The van der Waals surface area contributed by atoms with Crippen molar-refractivity contribution in [2.24, 2.45) is 5.10 Å². The van der Waals surface area contributed by atoms with Crippen LogP contribution in [-0.4, -0.2) is 73.3 Å². The molecule has 33 heavy (non-hydrogen) atoms.